The van der Waals surface area contributed by atoms with Crippen molar-refractivity contribution in [3.63, 3.8) is 0 Å². The highest BCUT2D eigenvalue weighted by molar-refractivity contribution is 6.01. The second-order valence-corrected chi connectivity index (χ2v) is 3.53. The van der Waals surface area contributed by atoms with Gasteiger partial charge in [0.25, 0.3) is 11.8 Å². The zero-order valence-corrected chi connectivity index (χ0v) is 8.51. The van der Waals surface area contributed by atoms with E-state index in [9.17, 15) is 14.4 Å². The van der Waals surface area contributed by atoms with Gasteiger partial charge in [-0.25, -0.2) is 4.79 Å². The average molecular weight is 229 g/mol. The second kappa shape index (κ2) is 4.48. The van der Waals surface area contributed by atoms with E-state index in [1.165, 1.54) is 0 Å². The molecule has 0 saturated carbocycles. The van der Waals surface area contributed by atoms with Crippen molar-refractivity contribution >= 4 is 18.0 Å². The minimum atomic E-state index is -1.04. The lowest BCUT2D eigenvalue weighted by Crippen LogP contribution is -2.33. The van der Waals surface area contributed by atoms with Crippen molar-refractivity contribution in [3.05, 3.63) is 0 Å². The SMILES string of the molecule is O=C(O[C@@H]1CCOC1)ON1C(=O)CCC1=O. The monoisotopic (exact) mass is 229 g/mol. The predicted molar refractivity (Wildman–Crippen MR) is 47.9 cm³/mol. The quantitative estimate of drug-likeness (QED) is 0.489. The molecule has 0 spiro atoms. The number of carbonyl (C=O) groups excluding carboxylic acids is 3. The van der Waals surface area contributed by atoms with Crippen molar-refractivity contribution in [1.82, 2.24) is 5.06 Å². The molecule has 0 unspecified atom stereocenters. The summed E-state index contributed by atoms with van der Waals surface area (Å²) in [5.41, 5.74) is 0. The van der Waals surface area contributed by atoms with E-state index in [1.807, 2.05) is 0 Å². The molecule has 0 N–H and O–H groups in total. The first-order valence-electron chi connectivity index (χ1n) is 4.99. The summed E-state index contributed by atoms with van der Waals surface area (Å²) in [6.07, 6.45) is -0.673. The van der Waals surface area contributed by atoms with Gasteiger partial charge in [0.2, 0.25) is 0 Å². The van der Waals surface area contributed by atoms with E-state index in [0.29, 0.717) is 24.7 Å². The summed E-state index contributed by atoms with van der Waals surface area (Å²) in [7, 11) is 0. The molecule has 2 saturated heterocycles. The van der Waals surface area contributed by atoms with Crippen LogP contribution in [0.5, 0.6) is 0 Å². The molecule has 2 heterocycles. The smallest absolute Gasteiger partial charge is 0.427 e. The molecule has 7 nitrogen and oxygen atoms in total. The predicted octanol–water partition coefficient (Wildman–Crippen LogP) is -0.00750. The van der Waals surface area contributed by atoms with Gasteiger partial charge in [0.1, 0.15) is 6.10 Å². The number of ether oxygens (including phenoxy) is 2. The van der Waals surface area contributed by atoms with Gasteiger partial charge in [-0.3, -0.25) is 14.4 Å². The van der Waals surface area contributed by atoms with Gasteiger partial charge >= 0.3 is 6.16 Å². The van der Waals surface area contributed by atoms with Crippen molar-refractivity contribution in [2.75, 3.05) is 13.2 Å². The minimum absolute atomic E-state index is 0.0681. The molecule has 88 valence electrons. The lowest BCUT2D eigenvalue weighted by molar-refractivity contribution is -0.178. The second-order valence-electron chi connectivity index (χ2n) is 3.53. The molecule has 2 aliphatic heterocycles. The Morgan fingerprint density at radius 3 is 2.56 bits per heavy atom. The van der Waals surface area contributed by atoms with Crippen LogP contribution in [0.4, 0.5) is 4.79 Å². The van der Waals surface area contributed by atoms with Gasteiger partial charge in [-0.2, -0.15) is 0 Å². The van der Waals surface area contributed by atoms with E-state index in [-0.39, 0.29) is 18.9 Å². The summed E-state index contributed by atoms with van der Waals surface area (Å²) in [6.45, 7) is 0.844. The summed E-state index contributed by atoms with van der Waals surface area (Å²) >= 11 is 0. The van der Waals surface area contributed by atoms with E-state index in [1.54, 1.807) is 0 Å². The first kappa shape index (κ1) is 10.9. The Kier molecular flexibility index (Phi) is 3.04. The van der Waals surface area contributed by atoms with Crippen LogP contribution in [0.2, 0.25) is 0 Å². The normalized spacial score (nSPS) is 25.0. The van der Waals surface area contributed by atoms with Gasteiger partial charge in [-0.1, -0.05) is 5.06 Å². The van der Waals surface area contributed by atoms with E-state index in [2.05, 4.69) is 4.84 Å². The van der Waals surface area contributed by atoms with Crippen LogP contribution in [-0.4, -0.2) is 42.4 Å². The lowest BCUT2D eigenvalue weighted by Gasteiger charge is -2.14. The van der Waals surface area contributed by atoms with Crippen LogP contribution < -0.4 is 0 Å². The van der Waals surface area contributed by atoms with Crippen molar-refractivity contribution in [3.8, 4) is 0 Å². The maximum Gasteiger partial charge on any atom is 0.534 e. The molecular weight excluding hydrogens is 218 g/mol. The van der Waals surface area contributed by atoms with Crippen LogP contribution in [0.15, 0.2) is 0 Å². The van der Waals surface area contributed by atoms with Crippen LogP contribution in [0.1, 0.15) is 19.3 Å². The minimum Gasteiger partial charge on any atom is -0.427 e. The number of rotatable bonds is 2. The molecule has 2 fully saturated rings. The molecule has 0 aromatic carbocycles. The maximum absolute atomic E-state index is 11.2. The zero-order valence-electron chi connectivity index (χ0n) is 8.51. The number of hydroxylamine groups is 2. The van der Waals surface area contributed by atoms with Gasteiger partial charge in [0, 0.05) is 19.3 Å². The molecule has 2 rings (SSSR count). The van der Waals surface area contributed by atoms with Crippen LogP contribution in [-0.2, 0) is 23.9 Å². The van der Waals surface area contributed by atoms with E-state index in [4.69, 9.17) is 9.47 Å². The molecule has 2 amide bonds. The fourth-order valence-electron chi connectivity index (χ4n) is 1.50. The van der Waals surface area contributed by atoms with Crippen LogP contribution in [0.3, 0.4) is 0 Å². The van der Waals surface area contributed by atoms with Crippen LogP contribution >= 0.6 is 0 Å². The van der Waals surface area contributed by atoms with Crippen LogP contribution in [0, 0.1) is 0 Å². The van der Waals surface area contributed by atoms with Crippen molar-refractivity contribution in [2.24, 2.45) is 0 Å². The summed E-state index contributed by atoms with van der Waals surface area (Å²) in [4.78, 5) is 37.9. The molecule has 16 heavy (non-hydrogen) atoms. The Labute approximate surface area is 91.2 Å². The highest BCUT2D eigenvalue weighted by atomic mass is 16.8. The van der Waals surface area contributed by atoms with E-state index < -0.39 is 18.0 Å². The topological polar surface area (TPSA) is 82.1 Å². The zero-order chi connectivity index (χ0) is 11.5. The Bertz CT molecular complexity index is 306. The van der Waals surface area contributed by atoms with Crippen molar-refractivity contribution in [1.29, 1.82) is 0 Å². The molecular formula is C9H11NO6. The van der Waals surface area contributed by atoms with Gasteiger partial charge in [-0.15, -0.1) is 0 Å². The molecule has 1 atom stereocenters. The molecule has 2 aliphatic rings. The van der Waals surface area contributed by atoms with Crippen molar-refractivity contribution < 1.29 is 28.7 Å². The first-order chi connectivity index (χ1) is 7.66. The average Bonchev–Trinajstić information content (AvgIpc) is 2.83. The number of nitrogens with zero attached hydrogens (tertiary/aromatic N) is 1. The molecule has 0 aromatic heterocycles. The van der Waals surface area contributed by atoms with Gasteiger partial charge in [0.15, 0.2) is 0 Å². The summed E-state index contributed by atoms with van der Waals surface area (Å²) in [5.74, 6) is -1.05. The van der Waals surface area contributed by atoms with Crippen LogP contribution in [0.25, 0.3) is 0 Å². The lowest BCUT2D eigenvalue weighted by atomic mass is 10.3. The Balaban J connectivity index is 1.82. The molecule has 0 radical (unpaired) electrons. The summed E-state index contributed by atoms with van der Waals surface area (Å²) in [6, 6.07) is 0. The molecule has 0 aliphatic carbocycles. The summed E-state index contributed by atoms with van der Waals surface area (Å²) < 4.78 is 9.83. The Hall–Kier alpha value is -1.63. The summed E-state index contributed by atoms with van der Waals surface area (Å²) in [5, 5.41) is 0.456. The third-order valence-electron chi connectivity index (χ3n) is 2.32. The largest absolute Gasteiger partial charge is 0.534 e. The highest BCUT2D eigenvalue weighted by Crippen LogP contribution is 2.14. The Morgan fingerprint density at radius 2 is 2.00 bits per heavy atom. The number of imide groups is 1. The number of hydrogen-bond acceptors (Lipinski definition) is 6. The first-order valence-corrected chi connectivity index (χ1v) is 4.99. The van der Waals surface area contributed by atoms with Gasteiger partial charge in [-0.05, 0) is 0 Å². The number of carbonyl (C=O) groups is 3. The third-order valence-corrected chi connectivity index (χ3v) is 2.32. The van der Waals surface area contributed by atoms with Crippen molar-refractivity contribution in [2.45, 2.75) is 25.4 Å². The van der Waals surface area contributed by atoms with Gasteiger partial charge in [0.05, 0.1) is 13.2 Å². The van der Waals surface area contributed by atoms with Gasteiger partial charge < -0.3 is 9.47 Å². The standard InChI is InChI=1S/C9H11NO6/c11-7-1-2-8(12)10(7)16-9(13)15-6-3-4-14-5-6/h6H,1-5H2/t6-/m1/s1. The Morgan fingerprint density at radius 1 is 1.31 bits per heavy atom. The molecule has 7 heteroatoms. The maximum atomic E-state index is 11.2. The van der Waals surface area contributed by atoms with E-state index >= 15 is 0 Å². The van der Waals surface area contributed by atoms with E-state index in [0.717, 1.165) is 0 Å². The number of amides is 2. The molecule has 0 aromatic rings. The third kappa shape index (κ3) is 2.30. The molecule has 0 bridgehead atoms. The highest BCUT2D eigenvalue weighted by Gasteiger charge is 2.34. The number of hydrogen-bond donors (Lipinski definition) is 0. The fraction of sp³-hybridized carbons (Fsp3) is 0.667. The fourth-order valence-corrected chi connectivity index (χ4v) is 1.50.